The molecule has 0 bridgehead atoms. The van der Waals surface area contributed by atoms with Crippen molar-refractivity contribution in [1.82, 2.24) is 10.2 Å². The zero-order valence-corrected chi connectivity index (χ0v) is 12.1. The Balaban J connectivity index is 1.97. The van der Waals surface area contributed by atoms with Gasteiger partial charge in [-0.3, -0.25) is 0 Å². The van der Waals surface area contributed by atoms with E-state index in [0.717, 1.165) is 25.6 Å². The van der Waals surface area contributed by atoms with E-state index in [1.807, 2.05) is 0 Å². The fraction of sp³-hybridized carbons (Fsp3) is 1.00. The zero-order valence-electron chi connectivity index (χ0n) is 12.1. The summed E-state index contributed by atoms with van der Waals surface area (Å²) < 4.78 is 5.21. The molecule has 102 valence electrons. The third kappa shape index (κ3) is 7.02. The van der Waals surface area contributed by atoms with Gasteiger partial charge in [-0.2, -0.15) is 0 Å². The van der Waals surface area contributed by atoms with Crippen molar-refractivity contribution in [2.24, 2.45) is 11.3 Å². The summed E-state index contributed by atoms with van der Waals surface area (Å²) in [6, 6.07) is 0. The quantitative estimate of drug-likeness (QED) is 0.691. The maximum Gasteiger partial charge on any atom is 0.0503 e. The summed E-state index contributed by atoms with van der Waals surface area (Å²) in [7, 11) is 1.80. The first-order valence-electron chi connectivity index (χ1n) is 6.93. The third-order valence-electron chi connectivity index (χ3n) is 3.43. The smallest absolute Gasteiger partial charge is 0.0503 e. The van der Waals surface area contributed by atoms with Gasteiger partial charge in [-0.15, -0.1) is 0 Å². The van der Waals surface area contributed by atoms with E-state index < -0.39 is 0 Å². The standard InChI is InChI=1S/C14H30N2O/c1-14(2,3)6-7-15-8-10-16-9-5-13(11-16)12-17-4/h13,15H,5-12H2,1-4H3. The summed E-state index contributed by atoms with van der Waals surface area (Å²) in [4.78, 5) is 2.55. The lowest BCUT2D eigenvalue weighted by Gasteiger charge is -2.19. The third-order valence-corrected chi connectivity index (χ3v) is 3.43. The SMILES string of the molecule is COCC1CCN(CCNCCC(C)(C)C)C1. The molecule has 3 nitrogen and oxygen atoms in total. The highest BCUT2D eigenvalue weighted by molar-refractivity contribution is 4.75. The highest BCUT2D eigenvalue weighted by atomic mass is 16.5. The van der Waals surface area contributed by atoms with Crippen molar-refractivity contribution in [3.05, 3.63) is 0 Å². The number of rotatable bonds is 7. The Hall–Kier alpha value is -0.120. The van der Waals surface area contributed by atoms with E-state index in [0.29, 0.717) is 5.41 Å². The van der Waals surface area contributed by atoms with Gasteiger partial charge in [-0.25, -0.2) is 0 Å². The summed E-state index contributed by atoms with van der Waals surface area (Å²) in [6.07, 6.45) is 2.55. The molecule has 0 radical (unpaired) electrons. The first kappa shape index (κ1) is 14.9. The second-order valence-corrected chi connectivity index (χ2v) is 6.47. The molecule has 1 saturated heterocycles. The highest BCUT2D eigenvalue weighted by Gasteiger charge is 2.21. The fourth-order valence-corrected chi connectivity index (χ4v) is 2.31. The van der Waals surface area contributed by atoms with Gasteiger partial charge in [0.15, 0.2) is 0 Å². The van der Waals surface area contributed by atoms with Crippen LogP contribution in [0, 0.1) is 11.3 Å². The predicted molar refractivity (Wildman–Crippen MR) is 73.4 cm³/mol. The molecule has 1 N–H and O–H groups in total. The van der Waals surface area contributed by atoms with Crippen LogP contribution in [-0.4, -0.2) is 51.3 Å². The number of hydrogen-bond donors (Lipinski definition) is 1. The lowest BCUT2D eigenvalue weighted by molar-refractivity contribution is 0.153. The van der Waals surface area contributed by atoms with E-state index in [-0.39, 0.29) is 0 Å². The first-order valence-corrected chi connectivity index (χ1v) is 6.93. The molecule has 0 aromatic heterocycles. The maximum atomic E-state index is 5.21. The first-order chi connectivity index (χ1) is 8.01. The largest absolute Gasteiger partial charge is 0.384 e. The van der Waals surface area contributed by atoms with Gasteiger partial charge < -0.3 is 15.0 Å². The van der Waals surface area contributed by atoms with Crippen LogP contribution < -0.4 is 5.32 Å². The predicted octanol–water partition coefficient (Wildman–Crippen LogP) is 1.98. The molecule has 17 heavy (non-hydrogen) atoms. The Kier molecular flexibility index (Phi) is 6.45. The molecule has 3 heteroatoms. The Bertz CT molecular complexity index is 201. The van der Waals surface area contributed by atoms with E-state index >= 15 is 0 Å². The number of likely N-dealkylation sites (tertiary alicyclic amines) is 1. The normalized spacial score (nSPS) is 22.2. The molecule has 0 amide bonds. The van der Waals surface area contributed by atoms with Gasteiger partial charge in [0.2, 0.25) is 0 Å². The van der Waals surface area contributed by atoms with Crippen LogP contribution in [0.25, 0.3) is 0 Å². The van der Waals surface area contributed by atoms with Gasteiger partial charge in [-0.05, 0) is 37.3 Å². The Morgan fingerprint density at radius 1 is 1.29 bits per heavy atom. The molecule has 0 saturated carbocycles. The minimum atomic E-state index is 0.449. The van der Waals surface area contributed by atoms with Gasteiger partial charge in [-0.1, -0.05) is 20.8 Å². The average molecular weight is 242 g/mol. The molecule has 0 spiro atoms. The second kappa shape index (κ2) is 7.34. The molecule has 1 fully saturated rings. The molecule has 0 aliphatic carbocycles. The molecule has 1 aliphatic rings. The van der Waals surface area contributed by atoms with Crippen LogP contribution in [0.15, 0.2) is 0 Å². The van der Waals surface area contributed by atoms with Crippen LogP contribution in [0.3, 0.4) is 0 Å². The van der Waals surface area contributed by atoms with Gasteiger partial charge >= 0.3 is 0 Å². The number of nitrogens with one attached hydrogen (secondary N) is 1. The van der Waals surface area contributed by atoms with Crippen molar-refractivity contribution >= 4 is 0 Å². The van der Waals surface area contributed by atoms with Crippen LogP contribution in [0.1, 0.15) is 33.6 Å². The van der Waals surface area contributed by atoms with Crippen molar-refractivity contribution in [3.63, 3.8) is 0 Å². The van der Waals surface area contributed by atoms with Gasteiger partial charge in [0, 0.05) is 26.7 Å². The molecule has 1 rings (SSSR count). The van der Waals surface area contributed by atoms with Crippen molar-refractivity contribution in [3.8, 4) is 0 Å². The minimum Gasteiger partial charge on any atom is -0.384 e. The van der Waals surface area contributed by atoms with Crippen LogP contribution in [-0.2, 0) is 4.74 Å². The van der Waals surface area contributed by atoms with Crippen molar-refractivity contribution in [1.29, 1.82) is 0 Å². The lowest BCUT2D eigenvalue weighted by atomic mass is 9.92. The number of hydrogen-bond acceptors (Lipinski definition) is 3. The molecular formula is C14H30N2O. The monoisotopic (exact) mass is 242 g/mol. The van der Waals surface area contributed by atoms with Crippen LogP contribution in [0.5, 0.6) is 0 Å². The zero-order chi connectivity index (χ0) is 12.7. The number of nitrogens with zero attached hydrogens (tertiary/aromatic N) is 1. The van der Waals surface area contributed by atoms with E-state index in [2.05, 4.69) is 31.0 Å². The van der Waals surface area contributed by atoms with Gasteiger partial charge in [0.1, 0.15) is 0 Å². The van der Waals surface area contributed by atoms with E-state index in [1.165, 1.54) is 32.5 Å². The van der Waals surface area contributed by atoms with E-state index in [9.17, 15) is 0 Å². The van der Waals surface area contributed by atoms with Crippen molar-refractivity contribution in [2.75, 3.05) is 46.4 Å². The van der Waals surface area contributed by atoms with Crippen molar-refractivity contribution < 1.29 is 4.74 Å². The molecule has 1 unspecified atom stereocenters. The number of ether oxygens (including phenoxy) is 1. The second-order valence-electron chi connectivity index (χ2n) is 6.47. The fourth-order valence-electron chi connectivity index (χ4n) is 2.31. The average Bonchev–Trinajstić information content (AvgIpc) is 2.64. The van der Waals surface area contributed by atoms with E-state index in [4.69, 9.17) is 4.74 Å². The molecule has 1 aliphatic heterocycles. The summed E-state index contributed by atoms with van der Waals surface area (Å²) >= 11 is 0. The van der Waals surface area contributed by atoms with Gasteiger partial charge in [0.25, 0.3) is 0 Å². The maximum absolute atomic E-state index is 5.21. The summed E-state index contributed by atoms with van der Waals surface area (Å²) in [5.41, 5.74) is 0.449. The van der Waals surface area contributed by atoms with Crippen LogP contribution in [0.2, 0.25) is 0 Å². The summed E-state index contributed by atoms with van der Waals surface area (Å²) in [5, 5.41) is 3.54. The Morgan fingerprint density at radius 3 is 2.71 bits per heavy atom. The minimum absolute atomic E-state index is 0.449. The van der Waals surface area contributed by atoms with Gasteiger partial charge in [0.05, 0.1) is 6.61 Å². The Labute approximate surface area is 107 Å². The van der Waals surface area contributed by atoms with Crippen LogP contribution in [0.4, 0.5) is 0 Å². The molecule has 0 aromatic carbocycles. The van der Waals surface area contributed by atoms with Crippen molar-refractivity contribution in [2.45, 2.75) is 33.6 Å². The summed E-state index contributed by atoms with van der Waals surface area (Å²) in [5.74, 6) is 0.759. The topological polar surface area (TPSA) is 24.5 Å². The summed E-state index contributed by atoms with van der Waals surface area (Å²) in [6.45, 7) is 13.7. The molecule has 0 aromatic rings. The number of methoxy groups -OCH3 is 1. The Morgan fingerprint density at radius 2 is 2.06 bits per heavy atom. The van der Waals surface area contributed by atoms with Crippen LogP contribution >= 0.6 is 0 Å². The lowest BCUT2D eigenvalue weighted by Crippen LogP contribution is -2.32. The van der Waals surface area contributed by atoms with E-state index in [1.54, 1.807) is 7.11 Å². The molecule has 1 atom stereocenters. The highest BCUT2D eigenvalue weighted by Crippen LogP contribution is 2.17. The molecular weight excluding hydrogens is 212 g/mol. The molecule has 1 heterocycles.